The van der Waals surface area contributed by atoms with Crippen LogP contribution in [0.4, 0.5) is 27.6 Å². The van der Waals surface area contributed by atoms with Gasteiger partial charge in [0.1, 0.15) is 28.7 Å². The van der Waals surface area contributed by atoms with Crippen LogP contribution in [-0.2, 0) is 6.18 Å². The molecule has 0 aliphatic heterocycles. The van der Waals surface area contributed by atoms with Crippen molar-refractivity contribution in [3.8, 4) is 11.5 Å². The van der Waals surface area contributed by atoms with Crippen LogP contribution in [0.2, 0.25) is 0 Å². The Balaban J connectivity index is 1.67. The first-order chi connectivity index (χ1) is 13.2. The number of alkyl halides is 3. The van der Waals surface area contributed by atoms with E-state index in [1.807, 2.05) is 0 Å². The fraction of sp³-hybridized carbons (Fsp3) is 0.0500. The van der Waals surface area contributed by atoms with E-state index < -0.39 is 34.8 Å². The Morgan fingerprint density at radius 3 is 1.79 bits per heavy atom. The topological polar surface area (TPSA) is 38.3 Å². The molecule has 0 aliphatic rings. The zero-order valence-electron chi connectivity index (χ0n) is 14.1. The molecule has 0 radical (unpaired) electrons. The molecule has 0 saturated heterocycles. The molecule has 0 atom stereocenters. The largest absolute Gasteiger partial charge is 0.457 e. The Kier molecular flexibility index (Phi) is 5.30. The molecule has 0 bridgehead atoms. The number of carbonyl (C=O) groups is 1. The second-order valence-electron chi connectivity index (χ2n) is 5.70. The van der Waals surface area contributed by atoms with Gasteiger partial charge < -0.3 is 10.1 Å². The summed E-state index contributed by atoms with van der Waals surface area (Å²) in [4.78, 5) is 12.0. The molecule has 28 heavy (non-hydrogen) atoms. The van der Waals surface area contributed by atoms with Gasteiger partial charge in [0.2, 0.25) is 0 Å². The molecular weight excluding hydrogens is 381 g/mol. The van der Waals surface area contributed by atoms with Crippen molar-refractivity contribution in [1.82, 2.24) is 0 Å². The number of hydrogen-bond donors (Lipinski definition) is 1. The highest BCUT2D eigenvalue weighted by molar-refractivity contribution is 6.04. The van der Waals surface area contributed by atoms with Crippen molar-refractivity contribution in [2.75, 3.05) is 5.32 Å². The van der Waals surface area contributed by atoms with Crippen molar-refractivity contribution in [1.29, 1.82) is 0 Å². The minimum atomic E-state index is -4.43. The van der Waals surface area contributed by atoms with Gasteiger partial charge in [-0.15, -0.1) is 0 Å². The molecule has 3 aromatic rings. The van der Waals surface area contributed by atoms with Gasteiger partial charge >= 0.3 is 6.18 Å². The maximum Gasteiger partial charge on any atom is 0.416 e. The summed E-state index contributed by atoms with van der Waals surface area (Å²) in [6.07, 6.45) is -4.43. The Bertz CT molecular complexity index is 963. The molecule has 144 valence electrons. The Labute approximate surface area is 156 Å². The SMILES string of the molecule is O=C(Nc1ccc(Oc2ccc(C(F)(F)F)cc2)cc1)c1c(F)cccc1F. The number of carbonyl (C=O) groups excluding carboxylic acids is 1. The summed E-state index contributed by atoms with van der Waals surface area (Å²) in [6, 6.07) is 13.0. The molecule has 0 fully saturated rings. The first kappa shape index (κ1) is 19.3. The minimum absolute atomic E-state index is 0.193. The van der Waals surface area contributed by atoms with Gasteiger partial charge in [0.05, 0.1) is 5.56 Å². The lowest BCUT2D eigenvalue weighted by atomic mass is 10.1. The van der Waals surface area contributed by atoms with E-state index in [2.05, 4.69) is 5.32 Å². The summed E-state index contributed by atoms with van der Waals surface area (Å²) >= 11 is 0. The smallest absolute Gasteiger partial charge is 0.416 e. The van der Waals surface area contributed by atoms with Crippen molar-refractivity contribution < 1.29 is 31.5 Å². The third-order valence-electron chi connectivity index (χ3n) is 3.72. The molecule has 0 aromatic heterocycles. The molecule has 0 unspecified atom stereocenters. The van der Waals surface area contributed by atoms with Gasteiger partial charge in [-0.3, -0.25) is 4.79 Å². The molecule has 8 heteroatoms. The van der Waals surface area contributed by atoms with Crippen LogP contribution in [0.3, 0.4) is 0 Å². The predicted octanol–water partition coefficient (Wildman–Crippen LogP) is 6.03. The summed E-state index contributed by atoms with van der Waals surface area (Å²) < 4.78 is 70.3. The van der Waals surface area contributed by atoms with E-state index in [1.54, 1.807) is 0 Å². The van der Waals surface area contributed by atoms with Gasteiger partial charge in [0.15, 0.2) is 0 Å². The molecule has 1 amide bonds. The zero-order valence-corrected chi connectivity index (χ0v) is 14.1. The highest BCUT2D eigenvalue weighted by Gasteiger charge is 2.30. The summed E-state index contributed by atoms with van der Waals surface area (Å²) in [6.45, 7) is 0. The van der Waals surface area contributed by atoms with Crippen LogP contribution in [0.5, 0.6) is 11.5 Å². The van der Waals surface area contributed by atoms with E-state index in [-0.39, 0.29) is 11.4 Å². The van der Waals surface area contributed by atoms with Gasteiger partial charge in [-0.05, 0) is 60.7 Å². The molecular formula is C20H12F5NO2. The van der Waals surface area contributed by atoms with Crippen LogP contribution in [0.1, 0.15) is 15.9 Å². The van der Waals surface area contributed by atoms with Gasteiger partial charge in [0, 0.05) is 5.69 Å². The van der Waals surface area contributed by atoms with E-state index in [4.69, 9.17) is 4.74 Å². The predicted molar refractivity (Wildman–Crippen MR) is 92.3 cm³/mol. The third-order valence-corrected chi connectivity index (χ3v) is 3.72. The van der Waals surface area contributed by atoms with Crippen molar-refractivity contribution in [2.24, 2.45) is 0 Å². The maximum atomic E-state index is 13.6. The van der Waals surface area contributed by atoms with Crippen LogP contribution < -0.4 is 10.1 Å². The average molecular weight is 393 g/mol. The third kappa shape index (κ3) is 4.46. The number of nitrogens with one attached hydrogen (secondary N) is 1. The summed E-state index contributed by atoms with van der Waals surface area (Å²) in [5, 5.41) is 2.36. The molecule has 1 N–H and O–H groups in total. The van der Waals surface area contributed by atoms with E-state index in [0.29, 0.717) is 5.75 Å². The number of anilines is 1. The van der Waals surface area contributed by atoms with Crippen LogP contribution in [0.15, 0.2) is 66.7 Å². The van der Waals surface area contributed by atoms with E-state index >= 15 is 0 Å². The molecule has 3 rings (SSSR count). The second kappa shape index (κ2) is 7.67. The first-order valence-corrected chi connectivity index (χ1v) is 7.94. The molecule has 0 heterocycles. The zero-order chi connectivity index (χ0) is 20.3. The fourth-order valence-corrected chi connectivity index (χ4v) is 2.36. The normalized spacial score (nSPS) is 11.2. The lowest BCUT2D eigenvalue weighted by Crippen LogP contribution is -2.15. The number of amides is 1. The molecule has 0 aliphatic carbocycles. The summed E-state index contributed by atoms with van der Waals surface area (Å²) in [5.74, 6) is -2.43. The lowest BCUT2D eigenvalue weighted by molar-refractivity contribution is -0.137. The van der Waals surface area contributed by atoms with Gasteiger partial charge in [0.25, 0.3) is 5.91 Å². The van der Waals surface area contributed by atoms with Crippen LogP contribution in [0.25, 0.3) is 0 Å². The Hall–Kier alpha value is -3.42. The quantitative estimate of drug-likeness (QED) is 0.550. The monoisotopic (exact) mass is 393 g/mol. The van der Waals surface area contributed by atoms with E-state index in [9.17, 15) is 26.7 Å². The molecule has 0 saturated carbocycles. The molecule has 3 aromatic carbocycles. The molecule has 0 spiro atoms. The van der Waals surface area contributed by atoms with Crippen molar-refractivity contribution in [2.45, 2.75) is 6.18 Å². The number of ether oxygens (including phenoxy) is 1. The number of hydrogen-bond acceptors (Lipinski definition) is 2. The standard InChI is InChI=1S/C20H12F5NO2/c21-16-2-1-3-17(22)18(16)19(27)26-13-6-10-15(11-7-13)28-14-8-4-12(5-9-14)20(23,24)25/h1-11H,(H,26,27). The van der Waals surface area contributed by atoms with Crippen molar-refractivity contribution in [3.63, 3.8) is 0 Å². The van der Waals surface area contributed by atoms with E-state index in [1.165, 1.54) is 36.4 Å². The summed E-state index contributed by atoms with van der Waals surface area (Å²) in [7, 11) is 0. The van der Waals surface area contributed by atoms with Gasteiger partial charge in [-0.25, -0.2) is 8.78 Å². The Morgan fingerprint density at radius 1 is 0.786 bits per heavy atom. The number of rotatable bonds is 4. The van der Waals surface area contributed by atoms with Crippen LogP contribution in [-0.4, -0.2) is 5.91 Å². The first-order valence-electron chi connectivity index (χ1n) is 7.94. The second-order valence-corrected chi connectivity index (χ2v) is 5.70. The highest BCUT2D eigenvalue weighted by Crippen LogP contribution is 2.31. The Morgan fingerprint density at radius 2 is 1.29 bits per heavy atom. The lowest BCUT2D eigenvalue weighted by Gasteiger charge is -2.10. The van der Waals surface area contributed by atoms with Crippen LogP contribution >= 0.6 is 0 Å². The molecule has 3 nitrogen and oxygen atoms in total. The van der Waals surface area contributed by atoms with Crippen molar-refractivity contribution in [3.05, 3.63) is 89.5 Å². The highest BCUT2D eigenvalue weighted by atomic mass is 19.4. The average Bonchev–Trinajstić information content (AvgIpc) is 2.63. The van der Waals surface area contributed by atoms with Gasteiger partial charge in [-0.1, -0.05) is 6.07 Å². The maximum absolute atomic E-state index is 13.6. The van der Waals surface area contributed by atoms with Crippen LogP contribution in [0, 0.1) is 11.6 Å². The minimum Gasteiger partial charge on any atom is -0.457 e. The van der Waals surface area contributed by atoms with Gasteiger partial charge in [-0.2, -0.15) is 13.2 Å². The number of halogens is 5. The van der Waals surface area contributed by atoms with E-state index in [0.717, 1.165) is 30.3 Å². The van der Waals surface area contributed by atoms with Crippen molar-refractivity contribution >= 4 is 11.6 Å². The number of benzene rings is 3. The summed E-state index contributed by atoms with van der Waals surface area (Å²) in [5.41, 5.74) is -1.24. The fourth-order valence-electron chi connectivity index (χ4n) is 2.36.